The maximum Gasteiger partial charge on any atom is 0.0511 e. The first kappa shape index (κ1) is 14.4. The van der Waals surface area contributed by atoms with Crippen molar-refractivity contribution in [2.75, 3.05) is 18.0 Å². The molecule has 3 rings (SSSR count). The molecule has 1 aromatic rings. The van der Waals surface area contributed by atoms with E-state index >= 15 is 0 Å². The van der Waals surface area contributed by atoms with Crippen LogP contribution in [0.1, 0.15) is 38.2 Å². The fourth-order valence-corrected chi connectivity index (χ4v) is 4.49. The second kappa shape index (κ2) is 6.07. The average Bonchev–Trinajstić information content (AvgIpc) is 2.99. The van der Waals surface area contributed by atoms with E-state index < -0.39 is 0 Å². The van der Waals surface area contributed by atoms with Crippen LogP contribution in [0.3, 0.4) is 0 Å². The van der Waals surface area contributed by atoms with Crippen molar-refractivity contribution in [1.82, 2.24) is 0 Å². The lowest BCUT2D eigenvalue weighted by Gasteiger charge is -2.22. The third-order valence-corrected chi connectivity index (χ3v) is 5.74. The van der Waals surface area contributed by atoms with Gasteiger partial charge in [-0.25, -0.2) is 0 Å². The molecule has 3 atom stereocenters. The summed E-state index contributed by atoms with van der Waals surface area (Å²) in [6.45, 7) is 4.64. The molecule has 1 saturated heterocycles. The molecule has 20 heavy (non-hydrogen) atoms. The molecule has 2 fully saturated rings. The Morgan fingerprint density at radius 3 is 2.60 bits per heavy atom. The molecule has 2 nitrogen and oxygen atoms in total. The molecule has 0 radical (unpaired) electrons. The number of benzene rings is 1. The monoisotopic (exact) mass is 336 g/mol. The fourth-order valence-electron chi connectivity index (χ4n) is 3.81. The molecule has 110 valence electrons. The number of anilines is 1. The van der Waals surface area contributed by atoms with Gasteiger partial charge in [0, 0.05) is 23.6 Å². The molecule has 1 aromatic carbocycles. The number of hydrogen-bond acceptors (Lipinski definition) is 2. The minimum Gasteiger partial charge on any atom is -0.370 e. The lowest BCUT2D eigenvalue weighted by atomic mass is 10.0. The van der Waals surface area contributed by atoms with Crippen molar-refractivity contribution >= 4 is 21.6 Å². The zero-order valence-corrected chi connectivity index (χ0v) is 13.9. The van der Waals surface area contributed by atoms with Crippen LogP contribution in [-0.4, -0.2) is 19.1 Å². The summed E-state index contributed by atoms with van der Waals surface area (Å²) in [4.78, 5) is 2.57. The van der Waals surface area contributed by atoms with E-state index in [1.54, 1.807) is 0 Å². The highest BCUT2D eigenvalue weighted by molar-refractivity contribution is 9.10. The SMILES string of the molecule is CCC(N)Cc1ccc(N2CC3CCCC3C2)c(Br)c1. The van der Waals surface area contributed by atoms with Gasteiger partial charge >= 0.3 is 0 Å². The van der Waals surface area contributed by atoms with Gasteiger partial charge in [-0.1, -0.05) is 19.4 Å². The van der Waals surface area contributed by atoms with Gasteiger partial charge in [-0.2, -0.15) is 0 Å². The van der Waals surface area contributed by atoms with Gasteiger partial charge in [-0.3, -0.25) is 0 Å². The Morgan fingerprint density at radius 1 is 1.30 bits per heavy atom. The van der Waals surface area contributed by atoms with Crippen molar-refractivity contribution < 1.29 is 0 Å². The van der Waals surface area contributed by atoms with Gasteiger partial charge in [-0.05, 0) is 71.1 Å². The Balaban J connectivity index is 1.71. The van der Waals surface area contributed by atoms with Gasteiger partial charge in [-0.15, -0.1) is 0 Å². The van der Waals surface area contributed by atoms with Crippen LogP contribution in [0.2, 0.25) is 0 Å². The zero-order valence-electron chi connectivity index (χ0n) is 12.3. The van der Waals surface area contributed by atoms with E-state index in [2.05, 4.69) is 46.0 Å². The quantitative estimate of drug-likeness (QED) is 0.901. The topological polar surface area (TPSA) is 29.3 Å². The molecule has 0 aromatic heterocycles. The molecule has 1 aliphatic carbocycles. The van der Waals surface area contributed by atoms with Gasteiger partial charge in [0.15, 0.2) is 0 Å². The van der Waals surface area contributed by atoms with E-state index in [0.29, 0.717) is 0 Å². The molecule has 0 bridgehead atoms. The standard InChI is InChI=1S/C17H25BrN2/c1-2-15(19)8-12-6-7-17(16(18)9-12)20-10-13-4-3-5-14(13)11-20/h6-7,9,13-15H,2-5,8,10-11,19H2,1H3. The molecule has 0 spiro atoms. The highest BCUT2D eigenvalue weighted by Crippen LogP contribution is 2.41. The molecule has 1 heterocycles. The second-order valence-electron chi connectivity index (χ2n) is 6.51. The van der Waals surface area contributed by atoms with Crippen LogP contribution in [0, 0.1) is 11.8 Å². The first-order valence-electron chi connectivity index (χ1n) is 7.96. The minimum atomic E-state index is 0.277. The number of nitrogens with zero attached hydrogens (tertiary/aromatic N) is 1. The van der Waals surface area contributed by atoms with Crippen molar-refractivity contribution in [2.24, 2.45) is 17.6 Å². The normalized spacial score (nSPS) is 26.9. The fraction of sp³-hybridized carbons (Fsp3) is 0.647. The number of halogens is 1. The summed E-state index contributed by atoms with van der Waals surface area (Å²) in [5.41, 5.74) is 8.76. The lowest BCUT2D eigenvalue weighted by Crippen LogP contribution is -2.22. The highest BCUT2D eigenvalue weighted by atomic mass is 79.9. The minimum absolute atomic E-state index is 0.277. The first-order valence-corrected chi connectivity index (χ1v) is 8.75. The predicted octanol–water partition coefficient (Wildman–Crippen LogP) is 3.97. The summed E-state index contributed by atoms with van der Waals surface area (Å²) in [5, 5.41) is 0. The van der Waals surface area contributed by atoms with E-state index in [-0.39, 0.29) is 6.04 Å². The summed E-state index contributed by atoms with van der Waals surface area (Å²) < 4.78 is 1.23. The highest BCUT2D eigenvalue weighted by Gasteiger charge is 2.36. The Labute approximate surface area is 130 Å². The van der Waals surface area contributed by atoms with Crippen molar-refractivity contribution in [3.05, 3.63) is 28.2 Å². The summed E-state index contributed by atoms with van der Waals surface area (Å²) in [6, 6.07) is 7.07. The molecular formula is C17H25BrN2. The number of nitrogens with two attached hydrogens (primary N) is 1. The van der Waals surface area contributed by atoms with Gasteiger partial charge in [0.1, 0.15) is 0 Å². The summed E-state index contributed by atoms with van der Waals surface area (Å²) >= 11 is 3.77. The van der Waals surface area contributed by atoms with E-state index in [4.69, 9.17) is 5.73 Å². The van der Waals surface area contributed by atoms with Crippen LogP contribution < -0.4 is 10.6 Å². The molecule has 2 aliphatic rings. The van der Waals surface area contributed by atoms with Crippen LogP contribution in [-0.2, 0) is 6.42 Å². The average molecular weight is 337 g/mol. The predicted molar refractivity (Wildman–Crippen MR) is 89.2 cm³/mol. The van der Waals surface area contributed by atoms with Crippen LogP contribution in [0.4, 0.5) is 5.69 Å². The number of rotatable bonds is 4. The Bertz CT molecular complexity index is 462. The summed E-state index contributed by atoms with van der Waals surface area (Å²) in [6.07, 6.45) is 6.32. The van der Waals surface area contributed by atoms with E-state index in [9.17, 15) is 0 Å². The largest absolute Gasteiger partial charge is 0.370 e. The van der Waals surface area contributed by atoms with Crippen LogP contribution in [0.25, 0.3) is 0 Å². The number of fused-ring (bicyclic) bond motifs is 1. The van der Waals surface area contributed by atoms with Crippen molar-refractivity contribution in [3.63, 3.8) is 0 Å². The smallest absolute Gasteiger partial charge is 0.0511 e. The molecule has 3 unspecified atom stereocenters. The maximum absolute atomic E-state index is 6.05. The molecule has 1 saturated carbocycles. The maximum atomic E-state index is 6.05. The Morgan fingerprint density at radius 2 is 2.00 bits per heavy atom. The van der Waals surface area contributed by atoms with E-state index in [1.807, 2.05) is 0 Å². The van der Waals surface area contributed by atoms with Gasteiger partial charge in [0.25, 0.3) is 0 Å². The molecular weight excluding hydrogens is 312 g/mol. The Kier molecular flexibility index (Phi) is 4.37. The number of hydrogen-bond donors (Lipinski definition) is 1. The second-order valence-corrected chi connectivity index (χ2v) is 7.37. The summed E-state index contributed by atoms with van der Waals surface area (Å²) in [7, 11) is 0. The zero-order chi connectivity index (χ0) is 14.1. The van der Waals surface area contributed by atoms with Crippen molar-refractivity contribution in [2.45, 2.75) is 45.1 Å². The van der Waals surface area contributed by atoms with Gasteiger partial charge in [0.05, 0.1) is 5.69 Å². The lowest BCUT2D eigenvalue weighted by molar-refractivity contribution is 0.494. The van der Waals surface area contributed by atoms with Crippen LogP contribution in [0.15, 0.2) is 22.7 Å². The van der Waals surface area contributed by atoms with E-state index in [1.165, 1.54) is 48.1 Å². The van der Waals surface area contributed by atoms with Crippen LogP contribution in [0.5, 0.6) is 0 Å². The van der Waals surface area contributed by atoms with Gasteiger partial charge < -0.3 is 10.6 Å². The molecule has 1 aliphatic heterocycles. The summed E-state index contributed by atoms with van der Waals surface area (Å²) in [5.74, 6) is 1.88. The van der Waals surface area contributed by atoms with Gasteiger partial charge in [0.2, 0.25) is 0 Å². The Hall–Kier alpha value is -0.540. The van der Waals surface area contributed by atoms with E-state index in [0.717, 1.165) is 24.7 Å². The molecule has 3 heteroatoms. The van der Waals surface area contributed by atoms with Crippen LogP contribution >= 0.6 is 15.9 Å². The first-order chi connectivity index (χ1) is 9.67. The molecule has 2 N–H and O–H groups in total. The third kappa shape index (κ3) is 2.89. The van der Waals surface area contributed by atoms with Crippen molar-refractivity contribution in [3.8, 4) is 0 Å². The van der Waals surface area contributed by atoms with Crippen molar-refractivity contribution in [1.29, 1.82) is 0 Å². The molecule has 0 amide bonds. The third-order valence-electron chi connectivity index (χ3n) is 5.10.